The molecule has 0 fully saturated rings. The lowest BCUT2D eigenvalue weighted by molar-refractivity contribution is -0.167. The number of carbonyl (C=O) groups excluding carboxylic acids is 3. The van der Waals surface area contributed by atoms with Crippen molar-refractivity contribution in [3.63, 3.8) is 0 Å². The second kappa shape index (κ2) is 45.9. The van der Waals surface area contributed by atoms with Crippen LogP contribution >= 0.6 is 0 Å². The van der Waals surface area contributed by atoms with Gasteiger partial charge in [0, 0.05) is 19.3 Å². The molecule has 0 aliphatic heterocycles. The van der Waals surface area contributed by atoms with Crippen LogP contribution in [0.4, 0.5) is 0 Å². The van der Waals surface area contributed by atoms with Gasteiger partial charge in [-0.05, 0) is 31.1 Å². The quantitative estimate of drug-likeness (QED) is 0.0345. The molecule has 350 valence electrons. The van der Waals surface area contributed by atoms with Crippen molar-refractivity contribution in [2.24, 2.45) is 11.8 Å². The number of carbonyl (C=O) groups is 3. The highest BCUT2D eigenvalue weighted by molar-refractivity contribution is 5.71. The number of hydrogen-bond donors (Lipinski definition) is 0. The Hall–Kier alpha value is -1.59. The van der Waals surface area contributed by atoms with Crippen LogP contribution in [0.5, 0.6) is 0 Å². The fraction of sp³-hybridized carbons (Fsp3) is 0.943. The van der Waals surface area contributed by atoms with Crippen LogP contribution in [0.1, 0.15) is 291 Å². The molecular formula is C53H102O6. The first-order valence-corrected chi connectivity index (χ1v) is 26.3. The fourth-order valence-electron chi connectivity index (χ4n) is 7.96. The van der Waals surface area contributed by atoms with Gasteiger partial charge < -0.3 is 14.2 Å². The van der Waals surface area contributed by atoms with Crippen LogP contribution in [0.3, 0.4) is 0 Å². The Bertz CT molecular complexity index is 902. The van der Waals surface area contributed by atoms with Crippen molar-refractivity contribution in [1.82, 2.24) is 0 Å². The minimum absolute atomic E-state index is 0.0636. The minimum atomic E-state index is -0.762. The zero-order valence-electron chi connectivity index (χ0n) is 40.4. The Labute approximate surface area is 368 Å². The molecule has 0 radical (unpaired) electrons. The van der Waals surface area contributed by atoms with E-state index in [0.717, 1.165) is 69.6 Å². The monoisotopic (exact) mass is 835 g/mol. The Morgan fingerprint density at radius 3 is 0.966 bits per heavy atom. The molecular weight excluding hydrogens is 733 g/mol. The van der Waals surface area contributed by atoms with Crippen LogP contribution in [0.2, 0.25) is 0 Å². The molecule has 0 bridgehead atoms. The fourth-order valence-corrected chi connectivity index (χ4v) is 7.96. The predicted molar refractivity (Wildman–Crippen MR) is 252 cm³/mol. The number of esters is 3. The molecule has 2 atom stereocenters. The van der Waals surface area contributed by atoms with Crippen molar-refractivity contribution in [3.05, 3.63) is 0 Å². The number of hydrogen-bond acceptors (Lipinski definition) is 6. The third kappa shape index (κ3) is 45.8. The lowest BCUT2D eigenvalue weighted by Gasteiger charge is -2.18. The molecule has 6 nitrogen and oxygen atoms in total. The highest BCUT2D eigenvalue weighted by Gasteiger charge is 2.19. The highest BCUT2D eigenvalue weighted by atomic mass is 16.6. The minimum Gasteiger partial charge on any atom is -0.462 e. The smallest absolute Gasteiger partial charge is 0.306 e. The van der Waals surface area contributed by atoms with Crippen molar-refractivity contribution in [2.45, 2.75) is 298 Å². The lowest BCUT2D eigenvalue weighted by atomic mass is 9.99. The zero-order chi connectivity index (χ0) is 43.3. The van der Waals surface area contributed by atoms with Gasteiger partial charge in [-0.25, -0.2) is 0 Å². The Morgan fingerprint density at radius 2 is 0.644 bits per heavy atom. The molecule has 0 aromatic heterocycles. The van der Waals surface area contributed by atoms with Gasteiger partial charge in [-0.15, -0.1) is 0 Å². The van der Waals surface area contributed by atoms with Crippen molar-refractivity contribution >= 4 is 17.9 Å². The summed E-state index contributed by atoms with van der Waals surface area (Å²) in [5.41, 5.74) is 0. The molecule has 0 saturated carbocycles. The molecule has 0 rings (SSSR count). The summed E-state index contributed by atoms with van der Waals surface area (Å²) < 4.78 is 16.8. The molecule has 0 aromatic rings. The standard InChI is InChI=1S/C53H102O6/c1-6-8-9-10-11-12-13-14-17-23-28-33-38-43-51(54)57-46-50(59-53(56)45-40-35-30-25-20-19-22-27-32-37-42-49(5)7-2)47-58-52(55)44-39-34-29-24-18-15-16-21-26-31-36-41-48(3)4/h48-50H,6-47H2,1-5H3/t49?,50-/m0/s1. The van der Waals surface area contributed by atoms with Gasteiger partial charge in [0.1, 0.15) is 13.2 Å². The van der Waals surface area contributed by atoms with Gasteiger partial charge in [0.2, 0.25) is 0 Å². The van der Waals surface area contributed by atoms with Gasteiger partial charge in [-0.2, -0.15) is 0 Å². The molecule has 0 aliphatic carbocycles. The van der Waals surface area contributed by atoms with Crippen LogP contribution in [-0.4, -0.2) is 37.2 Å². The van der Waals surface area contributed by atoms with Gasteiger partial charge in [0.25, 0.3) is 0 Å². The van der Waals surface area contributed by atoms with Crippen LogP contribution < -0.4 is 0 Å². The average molecular weight is 835 g/mol. The number of unbranched alkanes of at least 4 members (excludes halogenated alkanes) is 31. The molecule has 6 heteroatoms. The maximum absolute atomic E-state index is 12.8. The molecule has 0 heterocycles. The summed E-state index contributed by atoms with van der Waals surface area (Å²) in [6, 6.07) is 0. The highest BCUT2D eigenvalue weighted by Crippen LogP contribution is 2.18. The lowest BCUT2D eigenvalue weighted by Crippen LogP contribution is -2.30. The zero-order valence-corrected chi connectivity index (χ0v) is 40.4. The van der Waals surface area contributed by atoms with Gasteiger partial charge in [-0.1, -0.05) is 253 Å². The summed E-state index contributed by atoms with van der Waals surface area (Å²) in [5, 5.41) is 0. The van der Waals surface area contributed by atoms with E-state index in [0.29, 0.717) is 19.3 Å². The van der Waals surface area contributed by atoms with Crippen molar-refractivity contribution in [3.8, 4) is 0 Å². The SMILES string of the molecule is CCCCCCCCCCCCCCCC(=O)OC[C@@H](COC(=O)CCCCCCCCCCCCCC(C)C)OC(=O)CCCCCCCCCCCCC(C)CC. The molecule has 59 heavy (non-hydrogen) atoms. The second-order valence-electron chi connectivity index (χ2n) is 18.9. The van der Waals surface area contributed by atoms with E-state index < -0.39 is 6.10 Å². The summed E-state index contributed by atoms with van der Waals surface area (Å²) in [4.78, 5) is 38.0. The van der Waals surface area contributed by atoms with E-state index in [1.807, 2.05) is 0 Å². The van der Waals surface area contributed by atoms with Crippen molar-refractivity contribution in [1.29, 1.82) is 0 Å². The van der Waals surface area contributed by atoms with Gasteiger partial charge >= 0.3 is 17.9 Å². The first-order valence-electron chi connectivity index (χ1n) is 26.3. The first-order chi connectivity index (χ1) is 28.8. The molecule has 0 amide bonds. The molecule has 0 spiro atoms. The summed E-state index contributed by atoms with van der Waals surface area (Å²) in [6.45, 7) is 11.4. The largest absolute Gasteiger partial charge is 0.462 e. The van der Waals surface area contributed by atoms with E-state index in [9.17, 15) is 14.4 Å². The normalized spacial score (nSPS) is 12.5. The van der Waals surface area contributed by atoms with Crippen LogP contribution in [0, 0.1) is 11.8 Å². The Kier molecular flexibility index (Phi) is 44.7. The van der Waals surface area contributed by atoms with E-state index >= 15 is 0 Å². The third-order valence-electron chi connectivity index (χ3n) is 12.3. The maximum atomic E-state index is 12.8. The molecule has 0 N–H and O–H groups in total. The van der Waals surface area contributed by atoms with Crippen molar-refractivity contribution in [2.75, 3.05) is 13.2 Å². The average Bonchev–Trinajstić information content (AvgIpc) is 3.22. The molecule has 0 saturated heterocycles. The maximum Gasteiger partial charge on any atom is 0.306 e. The van der Waals surface area contributed by atoms with E-state index in [1.165, 1.54) is 180 Å². The molecule has 0 aliphatic rings. The molecule has 0 aromatic carbocycles. The van der Waals surface area contributed by atoms with E-state index in [4.69, 9.17) is 14.2 Å². The topological polar surface area (TPSA) is 78.9 Å². The van der Waals surface area contributed by atoms with Crippen LogP contribution in [-0.2, 0) is 28.6 Å². The molecule has 1 unspecified atom stereocenters. The van der Waals surface area contributed by atoms with E-state index in [-0.39, 0.29) is 31.1 Å². The van der Waals surface area contributed by atoms with Gasteiger partial charge in [0.05, 0.1) is 0 Å². The number of ether oxygens (including phenoxy) is 3. The van der Waals surface area contributed by atoms with E-state index in [1.54, 1.807) is 0 Å². The predicted octanol–water partition coefficient (Wildman–Crippen LogP) is 16.9. The van der Waals surface area contributed by atoms with Gasteiger partial charge in [0.15, 0.2) is 6.10 Å². The summed E-state index contributed by atoms with van der Waals surface area (Å²) in [6.07, 6.45) is 46.5. The second-order valence-corrected chi connectivity index (χ2v) is 18.9. The summed E-state index contributed by atoms with van der Waals surface area (Å²) in [5.74, 6) is 0.847. The Balaban J connectivity index is 4.33. The van der Waals surface area contributed by atoms with Gasteiger partial charge in [-0.3, -0.25) is 14.4 Å². The third-order valence-corrected chi connectivity index (χ3v) is 12.3. The first kappa shape index (κ1) is 57.4. The summed E-state index contributed by atoms with van der Waals surface area (Å²) >= 11 is 0. The number of rotatable bonds is 47. The van der Waals surface area contributed by atoms with Crippen LogP contribution in [0.15, 0.2) is 0 Å². The Morgan fingerprint density at radius 1 is 0.356 bits per heavy atom. The van der Waals surface area contributed by atoms with Crippen LogP contribution in [0.25, 0.3) is 0 Å². The van der Waals surface area contributed by atoms with E-state index in [2.05, 4.69) is 34.6 Å². The van der Waals surface area contributed by atoms with Crippen molar-refractivity contribution < 1.29 is 28.6 Å². The summed E-state index contributed by atoms with van der Waals surface area (Å²) in [7, 11) is 0.